The number of hydrogen-bond donors (Lipinski definition) is 2. The lowest BCUT2D eigenvalue weighted by Crippen LogP contribution is -2.63. The summed E-state index contributed by atoms with van der Waals surface area (Å²) in [7, 11) is 0. The molecule has 3 aliphatic rings. The number of benzene rings is 1. The van der Waals surface area contributed by atoms with Crippen LogP contribution in [-0.2, 0) is 0 Å². The number of aromatic amines is 1. The van der Waals surface area contributed by atoms with Gasteiger partial charge in [-0.15, -0.1) is 0 Å². The Hall–Kier alpha value is -2.74. The van der Waals surface area contributed by atoms with Gasteiger partial charge in [0.15, 0.2) is 0 Å². The molecule has 1 saturated heterocycles. The first kappa shape index (κ1) is 17.1. The van der Waals surface area contributed by atoms with E-state index in [0.717, 1.165) is 28.2 Å². The van der Waals surface area contributed by atoms with Crippen molar-refractivity contribution in [3.8, 4) is 5.75 Å². The molecular formula is C21H21F2N5O. The van der Waals surface area contributed by atoms with E-state index >= 15 is 0 Å². The Bertz CT molecular complexity index is 1070. The van der Waals surface area contributed by atoms with Gasteiger partial charge in [-0.3, -0.25) is 4.90 Å². The zero-order valence-corrected chi connectivity index (χ0v) is 15.7. The molecule has 4 heterocycles. The lowest BCUT2D eigenvalue weighted by molar-refractivity contribution is -0.153. The van der Waals surface area contributed by atoms with Crippen molar-refractivity contribution in [3.63, 3.8) is 0 Å². The third-order valence-corrected chi connectivity index (χ3v) is 6.14. The van der Waals surface area contributed by atoms with Gasteiger partial charge in [0.05, 0.1) is 30.6 Å². The number of anilines is 1. The van der Waals surface area contributed by atoms with Crippen molar-refractivity contribution in [3.05, 3.63) is 47.9 Å². The summed E-state index contributed by atoms with van der Waals surface area (Å²) in [6.07, 6.45) is 3.93. The molecule has 2 unspecified atom stereocenters. The first-order valence-electron chi connectivity index (χ1n) is 10.0. The molecule has 2 aromatic heterocycles. The molecule has 150 valence electrons. The molecule has 6 nitrogen and oxygen atoms in total. The van der Waals surface area contributed by atoms with Crippen molar-refractivity contribution < 1.29 is 13.5 Å². The predicted molar refractivity (Wildman–Crippen MR) is 104 cm³/mol. The number of nitrogens with zero attached hydrogens (tertiary/aromatic N) is 3. The largest absolute Gasteiger partial charge is 0.491 e. The van der Waals surface area contributed by atoms with E-state index < -0.39 is 5.92 Å². The number of hydrogen-bond acceptors (Lipinski definition) is 5. The van der Waals surface area contributed by atoms with Gasteiger partial charge in [-0.05, 0) is 30.9 Å². The minimum absolute atomic E-state index is 0.198. The standard InChI is InChI=1S/C21H21F2N5O/c22-21(23)9-28(10-21)16-8-29-17-4-2-1-3-13(17)18(16)27-20-14-7-15(12-5-6-12)26-19(14)24-11-25-20/h1-4,7,11-12,16,18H,5-6,8-10H2,(H2,24,25,26,27). The van der Waals surface area contributed by atoms with Crippen LogP contribution in [0.4, 0.5) is 14.6 Å². The smallest absolute Gasteiger partial charge is 0.272 e. The number of fused-ring (bicyclic) bond motifs is 2. The van der Waals surface area contributed by atoms with Crippen molar-refractivity contribution in [2.24, 2.45) is 0 Å². The molecule has 2 N–H and O–H groups in total. The van der Waals surface area contributed by atoms with E-state index in [9.17, 15) is 8.78 Å². The number of alkyl halides is 2. The second-order valence-corrected chi connectivity index (χ2v) is 8.28. The first-order chi connectivity index (χ1) is 14.1. The van der Waals surface area contributed by atoms with Crippen LogP contribution in [0.2, 0.25) is 0 Å². The fourth-order valence-electron chi connectivity index (χ4n) is 4.46. The van der Waals surface area contributed by atoms with Crippen molar-refractivity contribution in [1.82, 2.24) is 19.9 Å². The van der Waals surface area contributed by atoms with Gasteiger partial charge >= 0.3 is 0 Å². The van der Waals surface area contributed by atoms with Crippen LogP contribution in [0.1, 0.15) is 36.1 Å². The number of para-hydroxylation sites is 1. The maximum Gasteiger partial charge on any atom is 0.272 e. The fraction of sp³-hybridized carbons (Fsp3) is 0.429. The van der Waals surface area contributed by atoms with Crippen molar-refractivity contribution in [1.29, 1.82) is 0 Å². The van der Waals surface area contributed by atoms with Gasteiger partial charge in [-0.1, -0.05) is 18.2 Å². The Kier molecular flexibility index (Phi) is 3.62. The summed E-state index contributed by atoms with van der Waals surface area (Å²) in [5.74, 6) is -0.538. The summed E-state index contributed by atoms with van der Waals surface area (Å²) in [5.41, 5.74) is 2.95. The van der Waals surface area contributed by atoms with Gasteiger partial charge in [0, 0.05) is 11.3 Å². The molecule has 0 bridgehead atoms. The number of H-pyrrole nitrogens is 1. The van der Waals surface area contributed by atoms with Gasteiger partial charge < -0.3 is 15.0 Å². The number of likely N-dealkylation sites (tertiary alicyclic amines) is 1. The van der Waals surface area contributed by atoms with E-state index in [-0.39, 0.29) is 25.2 Å². The fourth-order valence-corrected chi connectivity index (χ4v) is 4.46. The van der Waals surface area contributed by atoms with E-state index in [0.29, 0.717) is 12.5 Å². The minimum Gasteiger partial charge on any atom is -0.491 e. The first-order valence-corrected chi connectivity index (χ1v) is 10.0. The molecule has 3 aromatic rings. The van der Waals surface area contributed by atoms with E-state index in [1.54, 1.807) is 4.90 Å². The zero-order chi connectivity index (χ0) is 19.6. The Labute approximate surface area is 166 Å². The van der Waals surface area contributed by atoms with Gasteiger partial charge in [0.25, 0.3) is 5.92 Å². The highest BCUT2D eigenvalue weighted by Gasteiger charge is 2.50. The Morgan fingerprint density at radius 3 is 2.79 bits per heavy atom. The maximum atomic E-state index is 13.6. The lowest BCUT2D eigenvalue weighted by Gasteiger charge is -2.48. The van der Waals surface area contributed by atoms with Crippen LogP contribution >= 0.6 is 0 Å². The van der Waals surface area contributed by atoms with Crippen LogP contribution in [0.5, 0.6) is 5.75 Å². The number of aromatic nitrogens is 3. The molecule has 2 aliphatic heterocycles. The monoisotopic (exact) mass is 397 g/mol. The minimum atomic E-state index is -2.62. The summed E-state index contributed by atoms with van der Waals surface area (Å²) in [6.45, 7) is -0.119. The second-order valence-electron chi connectivity index (χ2n) is 8.28. The lowest BCUT2D eigenvalue weighted by atomic mass is 9.92. The molecule has 6 rings (SSSR count). The highest BCUT2D eigenvalue weighted by atomic mass is 19.3. The highest BCUT2D eigenvalue weighted by molar-refractivity contribution is 5.88. The molecule has 29 heavy (non-hydrogen) atoms. The molecule has 1 saturated carbocycles. The van der Waals surface area contributed by atoms with E-state index in [4.69, 9.17) is 4.74 Å². The number of rotatable bonds is 4. The van der Waals surface area contributed by atoms with Crippen LogP contribution in [0, 0.1) is 0 Å². The summed E-state index contributed by atoms with van der Waals surface area (Å²) in [5, 5.41) is 4.48. The Morgan fingerprint density at radius 1 is 1.17 bits per heavy atom. The van der Waals surface area contributed by atoms with E-state index in [1.807, 2.05) is 24.3 Å². The topological polar surface area (TPSA) is 66.1 Å². The molecule has 0 radical (unpaired) electrons. The van der Waals surface area contributed by atoms with Crippen LogP contribution in [-0.4, -0.2) is 51.5 Å². The van der Waals surface area contributed by atoms with Crippen molar-refractivity contribution in [2.45, 2.75) is 36.8 Å². The molecule has 2 atom stereocenters. The molecule has 1 aromatic carbocycles. The number of halogens is 2. The summed E-state index contributed by atoms with van der Waals surface area (Å²) >= 11 is 0. The Balaban J connectivity index is 1.37. The molecule has 8 heteroatoms. The second kappa shape index (κ2) is 6.13. The molecule has 2 fully saturated rings. The van der Waals surface area contributed by atoms with Crippen LogP contribution in [0.3, 0.4) is 0 Å². The zero-order valence-electron chi connectivity index (χ0n) is 15.7. The van der Waals surface area contributed by atoms with E-state index in [1.165, 1.54) is 24.9 Å². The Morgan fingerprint density at radius 2 is 2.00 bits per heavy atom. The SMILES string of the molecule is FC1(F)CN(C2COc3ccccc3C2Nc2ncnc3[nH]c(C4CC4)cc23)C1. The predicted octanol–water partition coefficient (Wildman–Crippen LogP) is 3.70. The van der Waals surface area contributed by atoms with Gasteiger partial charge in [-0.25, -0.2) is 18.7 Å². The maximum absolute atomic E-state index is 13.6. The van der Waals surface area contributed by atoms with Crippen molar-refractivity contribution >= 4 is 16.9 Å². The third kappa shape index (κ3) is 2.93. The summed E-state index contributed by atoms with van der Waals surface area (Å²) in [6, 6.07) is 9.49. The summed E-state index contributed by atoms with van der Waals surface area (Å²) in [4.78, 5) is 14.0. The molecular weight excluding hydrogens is 376 g/mol. The quantitative estimate of drug-likeness (QED) is 0.703. The highest BCUT2D eigenvalue weighted by Crippen LogP contribution is 2.43. The molecule has 0 amide bonds. The third-order valence-electron chi connectivity index (χ3n) is 6.14. The van der Waals surface area contributed by atoms with Gasteiger partial charge in [0.1, 0.15) is 30.1 Å². The number of ether oxygens (including phenoxy) is 1. The van der Waals surface area contributed by atoms with Crippen LogP contribution < -0.4 is 10.1 Å². The van der Waals surface area contributed by atoms with Gasteiger partial charge in [0.2, 0.25) is 0 Å². The molecule has 0 spiro atoms. The van der Waals surface area contributed by atoms with Gasteiger partial charge in [-0.2, -0.15) is 0 Å². The number of nitrogens with one attached hydrogen (secondary N) is 2. The summed E-state index contributed by atoms with van der Waals surface area (Å²) < 4.78 is 33.0. The van der Waals surface area contributed by atoms with Crippen LogP contribution in [0.25, 0.3) is 11.0 Å². The normalized spacial score (nSPS) is 25.9. The average Bonchev–Trinajstić information content (AvgIpc) is 3.45. The van der Waals surface area contributed by atoms with Crippen molar-refractivity contribution in [2.75, 3.05) is 25.0 Å². The average molecular weight is 397 g/mol. The van der Waals surface area contributed by atoms with E-state index in [2.05, 4.69) is 26.3 Å². The van der Waals surface area contributed by atoms with Crippen LogP contribution in [0.15, 0.2) is 36.7 Å². The molecule has 1 aliphatic carbocycles.